The van der Waals surface area contributed by atoms with Crippen molar-refractivity contribution >= 4 is 13.0 Å². The summed E-state index contributed by atoms with van der Waals surface area (Å²) in [4.78, 5) is 14.6. The fraction of sp³-hybridized carbons (Fsp3) is 0.917. The predicted molar refractivity (Wildman–Crippen MR) is 68.6 cm³/mol. The minimum atomic E-state index is -0.526. The van der Waals surface area contributed by atoms with E-state index in [0.29, 0.717) is 12.5 Å². The quantitative estimate of drug-likeness (QED) is 0.714. The molecule has 0 atom stereocenters. The Kier molecular flexibility index (Phi) is 4.10. The van der Waals surface area contributed by atoms with Crippen LogP contribution < -0.4 is 5.23 Å². The first-order valence-corrected chi connectivity index (χ1v) is 6.85. The van der Waals surface area contributed by atoms with E-state index in [4.69, 9.17) is 0 Å². The molecule has 0 spiro atoms. The van der Waals surface area contributed by atoms with Crippen LogP contribution in [0.1, 0.15) is 38.5 Å². The van der Waals surface area contributed by atoms with Gasteiger partial charge in [0, 0.05) is 19.6 Å². The molecule has 0 aromatic rings. The van der Waals surface area contributed by atoms with Crippen molar-refractivity contribution in [1.29, 1.82) is 0 Å². The molecule has 0 bridgehead atoms. The summed E-state index contributed by atoms with van der Waals surface area (Å²) in [6, 6.07) is 0. The average Bonchev–Trinajstić information content (AvgIpc) is 2.28. The molecule has 0 aromatic heterocycles. The average molecular weight is 238 g/mol. The first-order valence-electron chi connectivity index (χ1n) is 6.85. The number of rotatable bonds is 4. The molecule has 1 aliphatic carbocycles. The zero-order valence-corrected chi connectivity index (χ0v) is 10.7. The highest BCUT2D eigenvalue weighted by atomic mass is 16.2. The second kappa shape index (κ2) is 5.40. The molecule has 1 aliphatic heterocycles. The molecule has 2 N–H and O–H groups in total. The number of nitrogens with one attached hydrogen (secondary N) is 1. The Balaban J connectivity index is 1.93. The summed E-state index contributed by atoms with van der Waals surface area (Å²) in [5.41, 5.74) is -0.214. The number of likely N-dealkylation sites (tertiary alicyclic amines) is 1. The van der Waals surface area contributed by atoms with E-state index in [2.05, 4.69) is 5.23 Å². The van der Waals surface area contributed by atoms with Crippen LogP contribution in [-0.4, -0.2) is 42.5 Å². The normalized spacial score (nSPS) is 23.1. The van der Waals surface area contributed by atoms with Gasteiger partial charge in [-0.1, -0.05) is 6.42 Å². The van der Waals surface area contributed by atoms with Crippen LogP contribution >= 0.6 is 0 Å². The summed E-state index contributed by atoms with van der Waals surface area (Å²) >= 11 is 0. The van der Waals surface area contributed by atoms with E-state index in [9.17, 15) is 9.82 Å². The van der Waals surface area contributed by atoms with E-state index in [1.807, 2.05) is 4.90 Å². The van der Waals surface area contributed by atoms with Crippen molar-refractivity contribution in [2.45, 2.75) is 45.3 Å². The standard InChI is InChI=1S/C12H23BN2O2/c1-13(17)14-10-12(6-5-7-12)11(16)15-8-3-2-4-9-15/h14,17H,2-10H2,1H3. The summed E-state index contributed by atoms with van der Waals surface area (Å²) in [6.45, 7) is 4.18. The lowest BCUT2D eigenvalue weighted by molar-refractivity contribution is -0.147. The summed E-state index contributed by atoms with van der Waals surface area (Å²) < 4.78 is 0. The number of carbonyl (C=O) groups excluding carboxylic acids is 1. The van der Waals surface area contributed by atoms with Gasteiger partial charge in [-0.15, -0.1) is 0 Å². The van der Waals surface area contributed by atoms with Crippen molar-refractivity contribution in [2.24, 2.45) is 5.41 Å². The van der Waals surface area contributed by atoms with Crippen LogP contribution in [-0.2, 0) is 4.79 Å². The van der Waals surface area contributed by atoms with Gasteiger partial charge < -0.3 is 15.2 Å². The van der Waals surface area contributed by atoms with E-state index in [0.717, 1.165) is 45.2 Å². The van der Waals surface area contributed by atoms with E-state index < -0.39 is 7.05 Å². The van der Waals surface area contributed by atoms with Gasteiger partial charge in [0.1, 0.15) is 0 Å². The third kappa shape index (κ3) is 2.83. The summed E-state index contributed by atoms with van der Waals surface area (Å²) in [5, 5.41) is 12.3. The molecular formula is C12H23BN2O2. The number of amides is 1. The number of carbonyl (C=O) groups is 1. The molecule has 1 heterocycles. The van der Waals surface area contributed by atoms with E-state index in [1.165, 1.54) is 6.42 Å². The van der Waals surface area contributed by atoms with Crippen LogP contribution in [0.15, 0.2) is 0 Å². The first-order chi connectivity index (χ1) is 8.14. The molecule has 96 valence electrons. The maximum Gasteiger partial charge on any atom is 0.373 e. The molecule has 1 amide bonds. The van der Waals surface area contributed by atoms with E-state index in [-0.39, 0.29) is 5.41 Å². The molecule has 17 heavy (non-hydrogen) atoms. The molecule has 0 unspecified atom stereocenters. The van der Waals surface area contributed by atoms with Crippen molar-refractivity contribution in [3.05, 3.63) is 0 Å². The number of piperidine rings is 1. The Bertz CT molecular complexity index is 274. The monoisotopic (exact) mass is 238 g/mol. The van der Waals surface area contributed by atoms with Gasteiger partial charge >= 0.3 is 7.05 Å². The zero-order chi connectivity index (χ0) is 12.3. The lowest BCUT2D eigenvalue weighted by Gasteiger charge is -2.44. The van der Waals surface area contributed by atoms with Crippen molar-refractivity contribution in [3.8, 4) is 0 Å². The minimum Gasteiger partial charge on any atom is -0.437 e. The largest absolute Gasteiger partial charge is 0.437 e. The molecule has 5 heteroatoms. The molecule has 4 nitrogen and oxygen atoms in total. The minimum absolute atomic E-state index is 0.214. The Morgan fingerprint density at radius 1 is 1.29 bits per heavy atom. The molecule has 0 aromatic carbocycles. The van der Waals surface area contributed by atoms with Crippen LogP contribution in [0.2, 0.25) is 6.82 Å². The zero-order valence-electron chi connectivity index (χ0n) is 10.7. The fourth-order valence-corrected chi connectivity index (χ4v) is 2.85. The highest BCUT2D eigenvalue weighted by molar-refractivity contribution is 6.45. The number of hydrogen-bond acceptors (Lipinski definition) is 3. The van der Waals surface area contributed by atoms with Gasteiger partial charge in [0.2, 0.25) is 5.91 Å². The van der Waals surface area contributed by atoms with Crippen molar-refractivity contribution in [2.75, 3.05) is 19.6 Å². The summed E-state index contributed by atoms with van der Waals surface area (Å²) in [5.74, 6) is 0.316. The van der Waals surface area contributed by atoms with Gasteiger partial charge in [0.25, 0.3) is 0 Å². The second-order valence-corrected chi connectivity index (χ2v) is 5.54. The van der Waals surface area contributed by atoms with Crippen LogP contribution in [0.3, 0.4) is 0 Å². The van der Waals surface area contributed by atoms with Crippen LogP contribution in [0.5, 0.6) is 0 Å². The molecule has 2 rings (SSSR count). The Hall–Kier alpha value is -0.545. The lowest BCUT2D eigenvalue weighted by Crippen LogP contribution is -2.55. The van der Waals surface area contributed by atoms with Crippen molar-refractivity contribution in [1.82, 2.24) is 10.1 Å². The maximum atomic E-state index is 12.5. The molecule has 2 fully saturated rings. The Morgan fingerprint density at radius 3 is 2.41 bits per heavy atom. The third-order valence-electron chi connectivity index (χ3n) is 4.14. The van der Waals surface area contributed by atoms with Crippen LogP contribution in [0, 0.1) is 5.41 Å². The SMILES string of the molecule is CB(O)NCC1(C(=O)N2CCCCC2)CCC1. The lowest BCUT2D eigenvalue weighted by atomic mass is 9.66. The summed E-state index contributed by atoms with van der Waals surface area (Å²) in [6.07, 6.45) is 6.63. The van der Waals surface area contributed by atoms with Crippen LogP contribution in [0.25, 0.3) is 0 Å². The van der Waals surface area contributed by atoms with E-state index >= 15 is 0 Å². The number of nitrogens with zero attached hydrogens (tertiary/aromatic N) is 1. The van der Waals surface area contributed by atoms with Crippen molar-refractivity contribution < 1.29 is 9.82 Å². The molecular weight excluding hydrogens is 215 g/mol. The molecule has 1 saturated carbocycles. The van der Waals surface area contributed by atoms with Gasteiger partial charge in [0.05, 0.1) is 5.41 Å². The smallest absolute Gasteiger partial charge is 0.373 e. The third-order valence-corrected chi connectivity index (χ3v) is 4.14. The first kappa shape index (κ1) is 12.9. The second-order valence-electron chi connectivity index (χ2n) is 5.54. The highest BCUT2D eigenvalue weighted by Crippen LogP contribution is 2.42. The van der Waals surface area contributed by atoms with Gasteiger partial charge in [-0.2, -0.15) is 0 Å². The van der Waals surface area contributed by atoms with Gasteiger partial charge in [-0.25, -0.2) is 0 Å². The Labute approximate surface area is 104 Å². The Morgan fingerprint density at radius 2 is 1.94 bits per heavy atom. The fourth-order valence-electron chi connectivity index (χ4n) is 2.85. The maximum absolute atomic E-state index is 12.5. The predicted octanol–water partition coefficient (Wildman–Crippen LogP) is 0.869. The van der Waals surface area contributed by atoms with Crippen molar-refractivity contribution in [3.63, 3.8) is 0 Å². The van der Waals surface area contributed by atoms with Crippen LogP contribution in [0.4, 0.5) is 0 Å². The summed E-state index contributed by atoms with van der Waals surface area (Å²) in [7, 11) is -0.526. The molecule has 0 radical (unpaired) electrons. The number of hydrogen-bond donors (Lipinski definition) is 2. The van der Waals surface area contributed by atoms with Gasteiger partial charge in [0.15, 0.2) is 0 Å². The molecule has 1 saturated heterocycles. The van der Waals surface area contributed by atoms with E-state index in [1.54, 1.807) is 6.82 Å². The topological polar surface area (TPSA) is 52.6 Å². The van der Waals surface area contributed by atoms with Gasteiger partial charge in [-0.05, 0) is 38.9 Å². The van der Waals surface area contributed by atoms with Gasteiger partial charge in [-0.3, -0.25) is 4.79 Å². The molecule has 2 aliphatic rings. The highest BCUT2D eigenvalue weighted by Gasteiger charge is 2.46.